The summed E-state index contributed by atoms with van der Waals surface area (Å²) in [6, 6.07) is 12.9. The van der Waals surface area contributed by atoms with Gasteiger partial charge in [0.1, 0.15) is 5.75 Å². The molecule has 2 rings (SSSR count). The molecule has 0 atom stereocenters. The average Bonchev–Trinajstić information content (AvgIpc) is 2.44. The Morgan fingerprint density at radius 3 is 1.48 bits per heavy atom. The summed E-state index contributed by atoms with van der Waals surface area (Å²) in [5.74, 6) is 0.406. The molecule has 0 aliphatic heterocycles. The number of aromatic hydroxyl groups is 1. The quantitative estimate of drug-likeness (QED) is 0.596. The molecular weight excluding hydrogens is 304 g/mol. The third-order valence-corrected chi connectivity index (χ3v) is 4.85. The Balaban J connectivity index is 2.68. The van der Waals surface area contributed by atoms with Gasteiger partial charge in [0.2, 0.25) is 0 Å². The van der Waals surface area contributed by atoms with Crippen molar-refractivity contribution in [2.75, 3.05) is 0 Å². The van der Waals surface area contributed by atoms with Gasteiger partial charge in [-0.1, -0.05) is 92.6 Å². The summed E-state index contributed by atoms with van der Waals surface area (Å²) in [4.78, 5) is 0. The van der Waals surface area contributed by atoms with E-state index in [-0.39, 0.29) is 16.2 Å². The van der Waals surface area contributed by atoms with E-state index in [1.165, 1.54) is 11.1 Å². The molecule has 0 aliphatic rings. The van der Waals surface area contributed by atoms with Gasteiger partial charge in [0.05, 0.1) is 0 Å². The third kappa shape index (κ3) is 4.26. The molecule has 0 aliphatic carbocycles. The molecule has 136 valence electrons. The Bertz CT molecular complexity index is 745. The van der Waals surface area contributed by atoms with Crippen LogP contribution in [-0.2, 0) is 16.2 Å². The molecule has 0 fully saturated rings. The first-order valence-corrected chi connectivity index (χ1v) is 9.20. The highest BCUT2D eigenvalue weighted by Crippen LogP contribution is 2.42. The van der Waals surface area contributed by atoms with Crippen LogP contribution in [0.2, 0.25) is 0 Å². The van der Waals surface area contributed by atoms with Crippen molar-refractivity contribution in [2.45, 2.75) is 78.6 Å². The van der Waals surface area contributed by atoms with E-state index in [2.05, 4.69) is 98.7 Å². The predicted molar refractivity (Wildman–Crippen MR) is 110 cm³/mol. The second-order valence-electron chi connectivity index (χ2n) is 10.2. The highest BCUT2D eigenvalue weighted by atomic mass is 16.3. The van der Waals surface area contributed by atoms with Crippen LogP contribution in [0.15, 0.2) is 36.4 Å². The van der Waals surface area contributed by atoms with Crippen LogP contribution in [0.25, 0.3) is 11.1 Å². The van der Waals surface area contributed by atoms with Gasteiger partial charge in [-0.25, -0.2) is 0 Å². The predicted octanol–water partition coefficient (Wildman–Crippen LogP) is 6.95. The van der Waals surface area contributed by atoms with E-state index < -0.39 is 0 Å². The van der Waals surface area contributed by atoms with E-state index in [9.17, 15) is 5.11 Å². The Morgan fingerprint density at radius 2 is 1.08 bits per heavy atom. The molecule has 2 aromatic carbocycles. The summed E-state index contributed by atoms with van der Waals surface area (Å²) in [6.07, 6.45) is 0. The van der Waals surface area contributed by atoms with Gasteiger partial charge in [-0.15, -0.1) is 0 Å². The molecule has 1 nitrogen and oxygen atoms in total. The largest absolute Gasteiger partial charge is 0.507 e. The molecule has 0 bridgehead atoms. The van der Waals surface area contributed by atoms with Crippen molar-refractivity contribution in [1.82, 2.24) is 0 Å². The lowest BCUT2D eigenvalue weighted by atomic mass is 9.78. The molecule has 0 radical (unpaired) electrons. The van der Waals surface area contributed by atoms with Crippen LogP contribution in [0.3, 0.4) is 0 Å². The second kappa shape index (κ2) is 6.20. The van der Waals surface area contributed by atoms with Gasteiger partial charge < -0.3 is 5.11 Å². The molecule has 0 heterocycles. The van der Waals surface area contributed by atoms with Gasteiger partial charge in [-0.3, -0.25) is 0 Å². The summed E-state index contributed by atoms with van der Waals surface area (Å²) in [5, 5.41) is 11.0. The lowest BCUT2D eigenvalue weighted by molar-refractivity contribution is 0.446. The van der Waals surface area contributed by atoms with Gasteiger partial charge in [0, 0.05) is 11.1 Å². The molecule has 1 heteroatoms. The number of phenols is 1. The van der Waals surface area contributed by atoms with Gasteiger partial charge in [-0.05, 0) is 39.0 Å². The molecule has 0 saturated heterocycles. The smallest absolute Gasteiger partial charge is 0.127 e. The van der Waals surface area contributed by atoms with Crippen LogP contribution in [0, 0.1) is 0 Å². The molecule has 0 saturated carbocycles. The van der Waals surface area contributed by atoms with Crippen molar-refractivity contribution >= 4 is 0 Å². The summed E-state index contributed by atoms with van der Waals surface area (Å²) >= 11 is 0. The van der Waals surface area contributed by atoms with Gasteiger partial charge in [0.15, 0.2) is 0 Å². The van der Waals surface area contributed by atoms with Crippen molar-refractivity contribution in [3.63, 3.8) is 0 Å². The number of hydrogen-bond acceptors (Lipinski definition) is 1. The minimum absolute atomic E-state index is 0.0355. The zero-order chi connectivity index (χ0) is 19.2. The molecular formula is C24H34O. The maximum Gasteiger partial charge on any atom is 0.127 e. The van der Waals surface area contributed by atoms with Crippen molar-refractivity contribution in [3.05, 3.63) is 53.1 Å². The first-order chi connectivity index (χ1) is 11.2. The van der Waals surface area contributed by atoms with E-state index in [0.717, 1.165) is 16.7 Å². The second-order valence-corrected chi connectivity index (χ2v) is 10.2. The third-order valence-electron chi connectivity index (χ3n) is 4.85. The first kappa shape index (κ1) is 19.6. The maximum absolute atomic E-state index is 11.0. The van der Waals surface area contributed by atoms with Gasteiger partial charge in [0.25, 0.3) is 0 Å². The standard InChI is InChI=1S/C24H34O/c1-22(2,3)17-12-10-16(11-13-17)19-14-18(23(4,5)6)15-20(21(19)25)24(7,8)9/h10-15,25H,1-9H3. The van der Waals surface area contributed by atoms with Crippen molar-refractivity contribution in [2.24, 2.45) is 0 Å². The Labute approximate surface area is 154 Å². The molecule has 0 spiro atoms. The van der Waals surface area contributed by atoms with E-state index in [1.807, 2.05) is 0 Å². The molecule has 25 heavy (non-hydrogen) atoms. The highest BCUT2D eigenvalue weighted by molar-refractivity contribution is 5.74. The number of rotatable bonds is 1. The zero-order valence-electron chi connectivity index (χ0n) is 17.4. The maximum atomic E-state index is 11.0. The first-order valence-electron chi connectivity index (χ1n) is 9.20. The van der Waals surface area contributed by atoms with Gasteiger partial charge >= 0.3 is 0 Å². The zero-order valence-corrected chi connectivity index (χ0v) is 17.4. The molecule has 0 aromatic heterocycles. The van der Waals surface area contributed by atoms with Crippen LogP contribution in [0.1, 0.15) is 79.0 Å². The fourth-order valence-electron chi connectivity index (χ4n) is 3.01. The van der Waals surface area contributed by atoms with E-state index in [4.69, 9.17) is 0 Å². The van der Waals surface area contributed by atoms with E-state index in [1.54, 1.807) is 0 Å². The number of hydrogen-bond donors (Lipinski definition) is 1. The summed E-state index contributed by atoms with van der Waals surface area (Å²) in [6.45, 7) is 19.8. The SMILES string of the molecule is CC(C)(C)c1ccc(-c2cc(C(C)(C)C)cc(C(C)(C)C)c2O)cc1. The minimum Gasteiger partial charge on any atom is -0.507 e. The minimum atomic E-state index is -0.106. The molecule has 0 amide bonds. The van der Waals surface area contributed by atoms with Crippen LogP contribution >= 0.6 is 0 Å². The van der Waals surface area contributed by atoms with Crippen LogP contribution < -0.4 is 0 Å². The van der Waals surface area contributed by atoms with Gasteiger partial charge in [-0.2, -0.15) is 0 Å². The number of phenolic OH excluding ortho intramolecular Hbond substituents is 1. The van der Waals surface area contributed by atoms with Crippen LogP contribution in [0.5, 0.6) is 5.75 Å². The van der Waals surface area contributed by atoms with Crippen LogP contribution in [0.4, 0.5) is 0 Å². The summed E-state index contributed by atoms with van der Waals surface area (Å²) < 4.78 is 0. The molecule has 2 aromatic rings. The molecule has 0 unspecified atom stereocenters. The van der Waals surface area contributed by atoms with Crippen molar-refractivity contribution in [3.8, 4) is 16.9 Å². The number of benzene rings is 2. The Hall–Kier alpha value is -1.76. The van der Waals surface area contributed by atoms with E-state index >= 15 is 0 Å². The topological polar surface area (TPSA) is 20.2 Å². The fourth-order valence-corrected chi connectivity index (χ4v) is 3.01. The Morgan fingerprint density at radius 1 is 0.600 bits per heavy atom. The van der Waals surface area contributed by atoms with Crippen molar-refractivity contribution < 1.29 is 5.11 Å². The summed E-state index contributed by atoms with van der Waals surface area (Å²) in [5.41, 5.74) is 5.63. The monoisotopic (exact) mass is 338 g/mol. The normalized spacial score (nSPS) is 13.2. The van der Waals surface area contributed by atoms with E-state index in [0.29, 0.717) is 5.75 Å². The fraction of sp³-hybridized carbons (Fsp3) is 0.500. The lowest BCUT2D eigenvalue weighted by Gasteiger charge is -2.28. The van der Waals surface area contributed by atoms with Crippen LogP contribution in [-0.4, -0.2) is 5.11 Å². The van der Waals surface area contributed by atoms with Crippen molar-refractivity contribution in [1.29, 1.82) is 0 Å². The lowest BCUT2D eigenvalue weighted by Crippen LogP contribution is -2.17. The Kier molecular flexibility index (Phi) is 4.85. The average molecular weight is 339 g/mol. The summed E-state index contributed by atoms with van der Waals surface area (Å²) in [7, 11) is 0. The highest BCUT2D eigenvalue weighted by Gasteiger charge is 2.25. The molecule has 1 N–H and O–H groups in total.